The Morgan fingerprint density at radius 3 is 2.78 bits per heavy atom. The lowest BCUT2D eigenvalue weighted by molar-refractivity contribution is -0.122. The zero-order chi connectivity index (χ0) is 18.8. The van der Waals surface area contributed by atoms with E-state index in [9.17, 15) is 9.90 Å². The van der Waals surface area contributed by atoms with Crippen molar-refractivity contribution >= 4 is 40.3 Å². The molecule has 1 amide bonds. The molecule has 0 unspecified atom stereocenters. The first-order valence-electron chi connectivity index (χ1n) is 8.56. The van der Waals surface area contributed by atoms with Crippen molar-refractivity contribution in [3.05, 3.63) is 76.2 Å². The van der Waals surface area contributed by atoms with Gasteiger partial charge in [-0.25, -0.2) is 0 Å². The van der Waals surface area contributed by atoms with Crippen LogP contribution in [0.25, 0.3) is 6.08 Å². The fraction of sp³-hybridized carbons (Fsp3) is 0.143. The summed E-state index contributed by atoms with van der Waals surface area (Å²) in [6, 6.07) is 14.8. The Hall–Kier alpha value is -2.57. The van der Waals surface area contributed by atoms with E-state index >= 15 is 0 Å². The summed E-state index contributed by atoms with van der Waals surface area (Å²) in [7, 11) is 0. The van der Waals surface area contributed by atoms with Crippen molar-refractivity contribution in [1.82, 2.24) is 4.90 Å². The molecule has 1 N–H and O–H groups in total. The average molecular weight is 396 g/mol. The number of benzene rings is 2. The first-order valence-corrected chi connectivity index (χ1v) is 9.78. The van der Waals surface area contributed by atoms with Crippen LogP contribution in [0.4, 0.5) is 0 Å². The van der Waals surface area contributed by atoms with E-state index in [0.29, 0.717) is 28.8 Å². The zero-order valence-electron chi connectivity index (χ0n) is 14.4. The molecule has 1 saturated heterocycles. The largest absolute Gasteiger partial charge is 0.508 e. The van der Waals surface area contributed by atoms with Gasteiger partial charge < -0.3 is 9.84 Å². The maximum absolute atomic E-state index is 12.8. The van der Waals surface area contributed by atoms with Gasteiger partial charge in [0.15, 0.2) is 0 Å². The van der Waals surface area contributed by atoms with E-state index in [1.165, 1.54) is 11.8 Å². The third kappa shape index (κ3) is 3.91. The number of carbonyl (C=O) groups excluding carboxylic acids is 1. The number of para-hydroxylation sites is 1. The van der Waals surface area contributed by atoms with Gasteiger partial charge in [-0.05, 0) is 47.9 Å². The summed E-state index contributed by atoms with van der Waals surface area (Å²) >= 11 is 6.72. The molecule has 2 aromatic rings. The lowest BCUT2D eigenvalue weighted by Gasteiger charge is -2.16. The highest BCUT2D eigenvalue weighted by molar-refractivity contribution is 8.26. The third-order valence-electron chi connectivity index (χ3n) is 4.40. The molecule has 136 valence electrons. The number of rotatable bonds is 4. The van der Waals surface area contributed by atoms with Crippen molar-refractivity contribution in [1.29, 1.82) is 0 Å². The van der Waals surface area contributed by atoms with Gasteiger partial charge in [0, 0.05) is 12.1 Å². The van der Waals surface area contributed by atoms with Crippen LogP contribution in [0.1, 0.15) is 11.1 Å². The second-order valence-corrected chi connectivity index (χ2v) is 7.97. The summed E-state index contributed by atoms with van der Waals surface area (Å²) in [6.45, 7) is 0.958. The van der Waals surface area contributed by atoms with Gasteiger partial charge in [0.1, 0.15) is 22.4 Å². The molecular formula is C21H17NO3S2. The number of phenolic OH excluding ortho intramolecular Hbond substituents is 1. The average Bonchev–Trinajstić information content (AvgIpc) is 2.94. The second kappa shape index (κ2) is 7.58. The number of amides is 1. The Balaban J connectivity index is 1.47. The summed E-state index contributed by atoms with van der Waals surface area (Å²) in [5.74, 6) is 1.02. The maximum Gasteiger partial charge on any atom is 0.266 e. The van der Waals surface area contributed by atoms with Crippen LogP contribution < -0.4 is 4.74 Å². The predicted octanol–water partition coefficient (Wildman–Crippen LogP) is 4.15. The number of hydrogen-bond donors (Lipinski definition) is 1. The van der Waals surface area contributed by atoms with Crippen molar-refractivity contribution in [2.24, 2.45) is 0 Å². The molecule has 2 aliphatic rings. The van der Waals surface area contributed by atoms with E-state index in [2.05, 4.69) is 0 Å². The standard InChI is InChI=1S/C21H17NO3S2/c23-17-7-5-14(6-8-17)9-10-22-20(24)19(27-21(22)26)12-15-11-16-3-1-2-4-18(16)25-13-15/h1-8,11-12,23H,9-10,13H2/b19-12-. The first-order chi connectivity index (χ1) is 13.1. The summed E-state index contributed by atoms with van der Waals surface area (Å²) in [5, 5.41) is 9.36. The molecular weight excluding hydrogens is 378 g/mol. The van der Waals surface area contributed by atoms with E-state index in [4.69, 9.17) is 17.0 Å². The molecule has 0 atom stereocenters. The zero-order valence-corrected chi connectivity index (χ0v) is 16.1. The van der Waals surface area contributed by atoms with E-state index in [1.807, 2.05) is 48.6 Å². The number of thioether (sulfide) groups is 1. The Kier molecular flexibility index (Phi) is 5.01. The molecule has 2 aromatic carbocycles. The summed E-state index contributed by atoms with van der Waals surface area (Å²) in [6.07, 6.45) is 4.59. The molecule has 2 aliphatic heterocycles. The topological polar surface area (TPSA) is 49.8 Å². The normalized spacial score (nSPS) is 17.7. The molecule has 0 aliphatic carbocycles. The lowest BCUT2D eigenvalue weighted by atomic mass is 10.1. The van der Waals surface area contributed by atoms with Gasteiger partial charge in [-0.15, -0.1) is 0 Å². The van der Waals surface area contributed by atoms with Crippen LogP contribution in [0.2, 0.25) is 0 Å². The minimum Gasteiger partial charge on any atom is -0.508 e. The van der Waals surface area contributed by atoms with Crippen LogP contribution in [0, 0.1) is 0 Å². The molecule has 1 fully saturated rings. The smallest absolute Gasteiger partial charge is 0.266 e. The van der Waals surface area contributed by atoms with Crippen LogP contribution in [-0.2, 0) is 11.2 Å². The number of carbonyl (C=O) groups is 1. The van der Waals surface area contributed by atoms with Crippen molar-refractivity contribution in [2.45, 2.75) is 6.42 Å². The summed E-state index contributed by atoms with van der Waals surface area (Å²) in [5.41, 5.74) is 3.01. The number of ether oxygens (including phenoxy) is 1. The van der Waals surface area contributed by atoms with Crippen LogP contribution in [0.15, 0.2) is 65.1 Å². The summed E-state index contributed by atoms with van der Waals surface area (Å²) in [4.78, 5) is 15.0. The van der Waals surface area contributed by atoms with Gasteiger partial charge in [-0.2, -0.15) is 0 Å². The van der Waals surface area contributed by atoms with Crippen molar-refractivity contribution in [3.63, 3.8) is 0 Å². The molecule has 27 heavy (non-hydrogen) atoms. The van der Waals surface area contributed by atoms with Crippen LogP contribution in [0.5, 0.6) is 11.5 Å². The Bertz CT molecular complexity index is 964. The lowest BCUT2D eigenvalue weighted by Crippen LogP contribution is -2.30. The molecule has 4 rings (SSSR count). The second-order valence-electron chi connectivity index (χ2n) is 6.30. The number of hydrogen-bond acceptors (Lipinski definition) is 5. The SMILES string of the molecule is O=C1/C(=C/C2=Cc3ccccc3OC2)SC(=S)N1CCc1ccc(O)cc1. The highest BCUT2D eigenvalue weighted by Gasteiger charge is 2.32. The maximum atomic E-state index is 12.8. The molecule has 0 radical (unpaired) electrons. The molecule has 0 saturated carbocycles. The van der Waals surface area contributed by atoms with Crippen LogP contribution >= 0.6 is 24.0 Å². The molecule has 0 aromatic heterocycles. The minimum atomic E-state index is -0.0662. The van der Waals surface area contributed by atoms with Gasteiger partial charge in [-0.1, -0.05) is 54.3 Å². The molecule has 4 nitrogen and oxygen atoms in total. The van der Waals surface area contributed by atoms with Crippen LogP contribution in [0.3, 0.4) is 0 Å². The number of fused-ring (bicyclic) bond motifs is 1. The van der Waals surface area contributed by atoms with Crippen molar-refractivity contribution in [2.75, 3.05) is 13.2 Å². The molecule has 2 heterocycles. The van der Waals surface area contributed by atoms with Crippen LogP contribution in [-0.4, -0.2) is 33.4 Å². The number of phenols is 1. The fourth-order valence-corrected chi connectivity index (χ4v) is 4.31. The first kappa shape index (κ1) is 17.8. The number of thiocarbonyl (C=S) groups is 1. The van der Waals surface area contributed by atoms with Gasteiger partial charge in [0.25, 0.3) is 5.91 Å². The van der Waals surface area contributed by atoms with Gasteiger partial charge >= 0.3 is 0 Å². The number of nitrogens with zero attached hydrogens (tertiary/aromatic N) is 1. The monoisotopic (exact) mass is 395 g/mol. The van der Waals surface area contributed by atoms with Gasteiger partial charge in [0.05, 0.1) is 4.91 Å². The quantitative estimate of drug-likeness (QED) is 0.622. The summed E-state index contributed by atoms with van der Waals surface area (Å²) < 4.78 is 6.32. The Labute approximate surface area is 167 Å². The highest BCUT2D eigenvalue weighted by atomic mass is 32.2. The fourth-order valence-electron chi connectivity index (χ4n) is 2.98. The van der Waals surface area contributed by atoms with Crippen molar-refractivity contribution < 1.29 is 14.6 Å². The van der Waals surface area contributed by atoms with Crippen molar-refractivity contribution in [3.8, 4) is 11.5 Å². The van der Waals surface area contributed by atoms with E-state index in [-0.39, 0.29) is 11.7 Å². The third-order valence-corrected chi connectivity index (χ3v) is 5.78. The molecule has 6 heteroatoms. The predicted molar refractivity (Wildman–Crippen MR) is 112 cm³/mol. The van der Waals surface area contributed by atoms with Gasteiger partial charge in [-0.3, -0.25) is 9.69 Å². The van der Waals surface area contributed by atoms with E-state index < -0.39 is 0 Å². The Morgan fingerprint density at radius 2 is 1.96 bits per heavy atom. The minimum absolute atomic E-state index is 0.0662. The van der Waals surface area contributed by atoms with Gasteiger partial charge in [0.2, 0.25) is 0 Å². The van der Waals surface area contributed by atoms with E-state index in [0.717, 1.165) is 22.4 Å². The van der Waals surface area contributed by atoms with E-state index in [1.54, 1.807) is 17.0 Å². The Morgan fingerprint density at radius 1 is 1.19 bits per heavy atom. The highest BCUT2D eigenvalue weighted by Crippen LogP contribution is 2.34. The number of aromatic hydroxyl groups is 1. The molecule has 0 spiro atoms. The molecule has 0 bridgehead atoms.